The van der Waals surface area contributed by atoms with E-state index in [0.29, 0.717) is 6.54 Å². The molecule has 0 aliphatic rings. The van der Waals surface area contributed by atoms with Crippen LogP contribution in [0.25, 0.3) is 0 Å². The third kappa shape index (κ3) is 5.09. The monoisotopic (exact) mass is 278 g/mol. The van der Waals surface area contributed by atoms with Gasteiger partial charge in [0, 0.05) is 19.4 Å². The van der Waals surface area contributed by atoms with E-state index in [9.17, 15) is 14.4 Å². The van der Waals surface area contributed by atoms with Crippen LogP contribution in [-0.2, 0) is 9.59 Å². The first-order valence-corrected chi connectivity index (χ1v) is 6.43. The van der Waals surface area contributed by atoms with Gasteiger partial charge in [0.1, 0.15) is 0 Å². The minimum absolute atomic E-state index is 0.0174. The molecule has 20 heavy (non-hydrogen) atoms. The summed E-state index contributed by atoms with van der Waals surface area (Å²) in [5, 5.41) is 14.2. The number of carbonyl (C=O) groups excluding carboxylic acids is 2. The van der Waals surface area contributed by atoms with E-state index >= 15 is 0 Å². The van der Waals surface area contributed by atoms with Gasteiger partial charge in [0.25, 0.3) is 0 Å². The molecule has 0 saturated carbocycles. The minimum atomic E-state index is -1.11. The van der Waals surface area contributed by atoms with Crippen LogP contribution in [0.5, 0.6) is 0 Å². The zero-order valence-electron chi connectivity index (χ0n) is 11.3. The summed E-state index contributed by atoms with van der Waals surface area (Å²) in [7, 11) is 0. The Bertz CT molecular complexity index is 500. The van der Waals surface area contributed by atoms with Crippen LogP contribution in [-0.4, -0.2) is 29.4 Å². The molecule has 0 atom stereocenters. The zero-order valence-corrected chi connectivity index (χ0v) is 11.3. The Hall–Kier alpha value is -2.37. The fourth-order valence-electron chi connectivity index (χ4n) is 1.57. The van der Waals surface area contributed by atoms with Crippen molar-refractivity contribution in [3.8, 4) is 0 Å². The van der Waals surface area contributed by atoms with Crippen molar-refractivity contribution >= 4 is 23.5 Å². The largest absolute Gasteiger partial charge is 0.478 e. The van der Waals surface area contributed by atoms with Crippen LogP contribution < -0.4 is 10.6 Å². The maximum atomic E-state index is 11.7. The fraction of sp³-hybridized carbons (Fsp3) is 0.357. The SMILES string of the molecule is CCCNC(=O)CCC(=O)Nc1ccccc1C(=O)O. The first-order valence-electron chi connectivity index (χ1n) is 6.43. The summed E-state index contributed by atoms with van der Waals surface area (Å²) in [6.07, 6.45) is 0.939. The topological polar surface area (TPSA) is 95.5 Å². The van der Waals surface area contributed by atoms with Crippen molar-refractivity contribution in [2.24, 2.45) is 0 Å². The Morgan fingerprint density at radius 2 is 1.75 bits per heavy atom. The molecule has 0 bridgehead atoms. The molecular formula is C14H18N2O4. The van der Waals surface area contributed by atoms with E-state index in [1.54, 1.807) is 12.1 Å². The fourth-order valence-corrected chi connectivity index (χ4v) is 1.57. The number of carboxylic acids is 1. The second kappa shape index (κ2) is 7.93. The number of amides is 2. The lowest BCUT2D eigenvalue weighted by atomic mass is 10.1. The lowest BCUT2D eigenvalue weighted by molar-refractivity contribution is -0.124. The maximum absolute atomic E-state index is 11.7. The Morgan fingerprint density at radius 3 is 2.40 bits per heavy atom. The number of benzene rings is 1. The molecule has 0 unspecified atom stereocenters. The van der Waals surface area contributed by atoms with Crippen molar-refractivity contribution < 1.29 is 19.5 Å². The van der Waals surface area contributed by atoms with Crippen molar-refractivity contribution in [2.75, 3.05) is 11.9 Å². The van der Waals surface area contributed by atoms with Crippen LogP contribution >= 0.6 is 0 Å². The lowest BCUT2D eigenvalue weighted by Gasteiger charge is -2.08. The number of hydrogen-bond acceptors (Lipinski definition) is 3. The summed E-state index contributed by atoms with van der Waals surface area (Å²) >= 11 is 0. The second-order valence-electron chi connectivity index (χ2n) is 4.25. The van der Waals surface area contributed by atoms with Gasteiger partial charge in [-0.15, -0.1) is 0 Å². The number of carbonyl (C=O) groups is 3. The number of rotatable bonds is 7. The summed E-state index contributed by atoms with van der Waals surface area (Å²) in [6, 6.07) is 6.14. The van der Waals surface area contributed by atoms with E-state index < -0.39 is 5.97 Å². The van der Waals surface area contributed by atoms with Gasteiger partial charge in [0.05, 0.1) is 11.3 Å². The predicted octanol–water partition coefficient (Wildman–Crippen LogP) is 1.63. The van der Waals surface area contributed by atoms with Gasteiger partial charge in [0.2, 0.25) is 11.8 Å². The van der Waals surface area contributed by atoms with Crippen LogP contribution in [0.3, 0.4) is 0 Å². The van der Waals surface area contributed by atoms with Gasteiger partial charge in [-0.05, 0) is 18.6 Å². The van der Waals surface area contributed by atoms with E-state index in [-0.39, 0.29) is 35.9 Å². The first kappa shape index (κ1) is 15.7. The average Bonchev–Trinajstić information content (AvgIpc) is 2.43. The van der Waals surface area contributed by atoms with Crippen LogP contribution in [0.1, 0.15) is 36.5 Å². The molecule has 0 aliphatic carbocycles. The van der Waals surface area contributed by atoms with Crippen molar-refractivity contribution in [1.82, 2.24) is 5.32 Å². The Balaban J connectivity index is 2.51. The van der Waals surface area contributed by atoms with Gasteiger partial charge in [-0.2, -0.15) is 0 Å². The molecule has 0 radical (unpaired) electrons. The van der Waals surface area contributed by atoms with E-state index in [4.69, 9.17) is 5.11 Å². The van der Waals surface area contributed by atoms with Crippen LogP contribution in [0.4, 0.5) is 5.69 Å². The molecule has 108 valence electrons. The molecule has 1 rings (SSSR count). The quantitative estimate of drug-likeness (QED) is 0.706. The Kier molecular flexibility index (Phi) is 6.22. The summed E-state index contributed by atoms with van der Waals surface area (Å²) in [5.41, 5.74) is 0.259. The van der Waals surface area contributed by atoms with Crippen molar-refractivity contribution in [3.05, 3.63) is 29.8 Å². The van der Waals surface area contributed by atoms with Crippen LogP contribution in [0, 0.1) is 0 Å². The number of aromatic carboxylic acids is 1. The molecule has 0 spiro atoms. The predicted molar refractivity (Wildman–Crippen MR) is 74.6 cm³/mol. The van der Waals surface area contributed by atoms with Crippen LogP contribution in [0.15, 0.2) is 24.3 Å². The zero-order chi connectivity index (χ0) is 15.0. The highest BCUT2D eigenvalue weighted by Gasteiger charge is 2.12. The van der Waals surface area contributed by atoms with Crippen molar-refractivity contribution in [2.45, 2.75) is 26.2 Å². The lowest BCUT2D eigenvalue weighted by Crippen LogP contribution is -2.25. The number of para-hydroxylation sites is 1. The van der Waals surface area contributed by atoms with Gasteiger partial charge in [-0.3, -0.25) is 9.59 Å². The summed E-state index contributed by atoms with van der Waals surface area (Å²) in [4.78, 5) is 34.0. The second-order valence-corrected chi connectivity index (χ2v) is 4.25. The highest BCUT2D eigenvalue weighted by Crippen LogP contribution is 2.15. The third-order valence-electron chi connectivity index (χ3n) is 2.58. The highest BCUT2D eigenvalue weighted by atomic mass is 16.4. The molecule has 2 amide bonds. The molecule has 6 nitrogen and oxygen atoms in total. The van der Waals surface area contributed by atoms with E-state index in [1.807, 2.05) is 6.92 Å². The van der Waals surface area contributed by atoms with Gasteiger partial charge in [-0.1, -0.05) is 19.1 Å². The molecule has 0 saturated heterocycles. The maximum Gasteiger partial charge on any atom is 0.337 e. The van der Waals surface area contributed by atoms with Gasteiger partial charge < -0.3 is 15.7 Å². The summed E-state index contributed by atoms with van der Waals surface area (Å²) in [5.74, 6) is -1.68. The molecule has 0 fully saturated rings. The molecule has 1 aromatic carbocycles. The average molecular weight is 278 g/mol. The molecule has 0 aliphatic heterocycles. The number of hydrogen-bond donors (Lipinski definition) is 3. The third-order valence-corrected chi connectivity index (χ3v) is 2.58. The first-order chi connectivity index (χ1) is 9.54. The molecule has 0 heterocycles. The summed E-state index contributed by atoms with van der Waals surface area (Å²) in [6.45, 7) is 2.53. The molecule has 3 N–H and O–H groups in total. The number of carboxylic acid groups (broad SMARTS) is 1. The van der Waals surface area contributed by atoms with E-state index in [1.165, 1.54) is 12.1 Å². The Morgan fingerprint density at radius 1 is 1.10 bits per heavy atom. The van der Waals surface area contributed by atoms with Crippen molar-refractivity contribution in [1.29, 1.82) is 0 Å². The minimum Gasteiger partial charge on any atom is -0.478 e. The van der Waals surface area contributed by atoms with Crippen molar-refractivity contribution in [3.63, 3.8) is 0 Å². The summed E-state index contributed by atoms with van der Waals surface area (Å²) < 4.78 is 0. The van der Waals surface area contributed by atoms with Gasteiger partial charge in [-0.25, -0.2) is 4.79 Å². The molecule has 6 heteroatoms. The normalized spacial score (nSPS) is 9.85. The standard InChI is InChI=1S/C14H18N2O4/c1-2-9-15-12(17)7-8-13(18)16-11-6-4-3-5-10(11)14(19)20/h3-6H,2,7-9H2,1H3,(H,15,17)(H,16,18)(H,19,20). The number of anilines is 1. The Labute approximate surface area is 117 Å². The number of nitrogens with one attached hydrogen (secondary N) is 2. The smallest absolute Gasteiger partial charge is 0.337 e. The van der Waals surface area contributed by atoms with E-state index in [2.05, 4.69) is 10.6 Å². The van der Waals surface area contributed by atoms with E-state index in [0.717, 1.165) is 6.42 Å². The molecule has 0 aromatic heterocycles. The molecular weight excluding hydrogens is 260 g/mol. The van der Waals surface area contributed by atoms with Gasteiger partial charge in [0.15, 0.2) is 0 Å². The highest BCUT2D eigenvalue weighted by molar-refractivity contribution is 6.01. The van der Waals surface area contributed by atoms with Gasteiger partial charge >= 0.3 is 5.97 Å². The molecule has 1 aromatic rings. The van der Waals surface area contributed by atoms with Crippen LogP contribution in [0.2, 0.25) is 0 Å².